The van der Waals surface area contributed by atoms with Crippen molar-refractivity contribution < 1.29 is 14.1 Å². The summed E-state index contributed by atoms with van der Waals surface area (Å²) >= 11 is 0. The summed E-state index contributed by atoms with van der Waals surface area (Å²) in [6, 6.07) is 1.50. The van der Waals surface area contributed by atoms with E-state index in [1.807, 2.05) is 11.5 Å². The van der Waals surface area contributed by atoms with E-state index in [9.17, 15) is 4.79 Å². The van der Waals surface area contributed by atoms with E-state index in [1.165, 1.54) is 6.07 Å². The zero-order chi connectivity index (χ0) is 11.8. The molecular weight excluding hydrogens is 210 g/mol. The summed E-state index contributed by atoms with van der Waals surface area (Å²) in [4.78, 5) is 11.0. The highest BCUT2D eigenvalue weighted by molar-refractivity contribution is 5.91. The minimum Gasteiger partial charge on any atom is -0.373 e. The highest BCUT2D eigenvalue weighted by Crippen LogP contribution is 2.05. The van der Waals surface area contributed by atoms with E-state index in [4.69, 9.17) is 15.1 Å². The van der Waals surface area contributed by atoms with Crippen LogP contribution in [0.5, 0.6) is 0 Å². The van der Waals surface area contributed by atoms with Gasteiger partial charge in [0.1, 0.15) is 6.61 Å². The predicted octanol–water partition coefficient (Wildman–Crippen LogP) is 0.761. The fourth-order valence-corrected chi connectivity index (χ4v) is 1.06. The zero-order valence-corrected chi connectivity index (χ0v) is 8.94. The van der Waals surface area contributed by atoms with Crippen molar-refractivity contribution in [2.75, 3.05) is 6.61 Å². The van der Waals surface area contributed by atoms with Crippen molar-refractivity contribution in [2.24, 2.45) is 5.84 Å². The topological polar surface area (TPSA) is 90.4 Å². The first-order chi connectivity index (χ1) is 7.77. The number of amides is 1. The number of allylic oxidation sites excluding steroid dienone is 1. The molecular formula is C10H15N3O3. The second-order valence-corrected chi connectivity index (χ2v) is 3.14. The van der Waals surface area contributed by atoms with Gasteiger partial charge in [0.25, 0.3) is 5.91 Å². The molecule has 3 N–H and O–H groups in total. The molecule has 1 amide bonds. The van der Waals surface area contributed by atoms with E-state index in [2.05, 4.69) is 11.7 Å². The third-order valence-corrected chi connectivity index (χ3v) is 1.86. The van der Waals surface area contributed by atoms with Crippen LogP contribution in [0.4, 0.5) is 0 Å². The van der Waals surface area contributed by atoms with Gasteiger partial charge in [0.05, 0.1) is 0 Å². The van der Waals surface area contributed by atoms with Gasteiger partial charge in [-0.3, -0.25) is 10.2 Å². The van der Waals surface area contributed by atoms with Gasteiger partial charge in [-0.2, -0.15) is 0 Å². The molecule has 1 rings (SSSR count). The molecule has 16 heavy (non-hydrogen) atoms. The summed E-state index contributed by atoms with van der Waals surface area (Å²) < 4.78 is 10.2. The van der Waals surface area contributed by atoms with Crippen LogP contribution in [0.2, 0.25) is 0 Å². The molecule has 1 heterocycles. The van der Waals surface area contributed by atoms with Crippen molar-refractivity contribution in [1.29, 1.82) is 0 Å². The van der Waals surface area contributed by atoms with Crippen LogP contribution in [0.1, 0.15) is 29.1 Å². The van der Waals surface area contributed by atoms with E-state index < -0.39 is 5.91 Å². The maximum Gasteiger partial charge on any atom is 0.287 e. The smallest absolute Gasteiger partial charge is 0.287 e. The predicted molar refractivity (Wildman–Crippen MR) is 57.2 cm³/mol. The van der Waals surface area contributed by atoms with Crippen LogP contribution in [0.15, 0.2) is 23.2 Å². The number of hydrogen-bond donors (Lipinski definition) is 2. The Morgan fingerprint density at radius 2 is 2.56 bits per heavy atom. The van der Waals surface area contributed by atoms with Gasteiger partial charge >= 0.3 is 0 Å². The Bertz CT molecular complexity index is 349. The molecule has 0 aromatic carbocycles. The fraction of sp³-hybridized carbons (Fsp3) is 0.400. The van der Waals surface area contributed by atoms with Gasteiger partial charge in [0.15, 0.2) is 11.5 Å². The number of ether oxygens (including phenoxy) is 1. The van der Waals surface area contributed by atoms with Crippen LogP contribution in [-0.4, -0.2) is 17.7 Å². The SMILES string of the molecule is C=CCCCOCc1cc(C(=O)NN)no1. The molecule has 0 aliphatic rings. The molecule has 0 atom stereocenters. The number of hydrazine groups is 1. The Balaban J connectivity index is 2.29. The molecule has 1 aromatic heterocycles. The summed E-state index contributed by atoms with van der Waals surface area (Å²) in [5.74, 6) is 4.96. The molecule has 0 spiro atoms. The lowest BCUT2D eigenvalue weighted by Gasteiger charge is -1.98. The molecule has 0 aliphatic carbocycles. The molecule has 1 aromatic rings. The molecule has 0 fully saturated rings. The summed E-state index contributed by atoms with van der Waals surface area (Å²) in [5, 5.41) is 3.54. The fourth-order valence-electron chi connectivity index (χ4n) is 1.06. The van der Waals surface area contributed by atoms with Crippen LogP contribution in [0.25, 0.3) is 0 Å². The average Bonchev–Trinajstić information content (AvgIpc) is 2.76. The van der Waals surface area contributed by atoms with Crippen LogP contribution < -0.4 is 11.3 Å². The molecule has 6 heteroatoms. The Hall–Kier alpha value is -1.66. The van der Waals surface area contributed by atoms with Crippen molar-refractivity contribution in [3.8, 4) is 0 Å². The van der Waals surface area contributed by atoms with E-state index >= 15 is 0 Å². The number of nitrogen functional groups attached to an aromatic ring is 1. The second kappa shape index (κ2) is 6.76. The molecule has 0 saturated heterocycles. The standard InChI is InChI=1S/C10H15N3O3/c1-2-3-4-5-15-7-8-6-9(13-16-8)10(14)12-11/h2,6H,1,3-5,7,11H2,(H,12,14). The number of carbonyl (C=O) groups excluding carboxylic acids is 1. The number of aromatic nitrogens is 1. The number of nitrogens with one attached hydrogen (secondary N) is 1. The highest BCUT2D eigenvalue weighted by atomic mass is 16.5. The minimum atomic E-state index is -0.485. The van der Waals surface area contributed by atoms with Crippen molar-refractivity contribution >= 4 is 5.91 Å². The van der Waals surface area contributed by atoms with E-state index in [0.29, 0.717) is 19.0 Å². The van der Waals surface area contributed by atoms with E-state index in [1.54, 1.807) is 0 Å². The minimum absolute atomic E-state index is 0.146. The molecule has 0 bridgehead atoms. The lowest BCUT2D eigenvalue weighted by Crippen LogP contribution is -2.30. The van der Waals surface area contributed by atoms with Crippen molar-refractivity contribution in [3.63, 3.8) is 0 Å². The number of hydrogen-bond acceptors (Lipinski definition) is 5. The number of unbranched alkanes of at least 4 members (excludes halogenated alkanes) is 1. The molecule has 6 nitrogen and oxygen atoms in total. The molecule has 0 aliphatic heterocycles. The largest absolute Gasteiger partial charge is 0.373 e. The third kappa shape index (κ3) is 3.84. The quantitative estimate of drug-likeness (QED) is 0.235. The Kier molecular flexibility index (Phi) is 5.24. The molecule has 88 valence electrons. The molecule has 0 saturated carbocycles. The van der Waals surface area contributed by atoms with Crippen LogP contribution in [0, 0.1) is 0 Å². The Labute approximate surface area is 93.4 Å². The summed E-state index contributed by atoms with van der Waals surface area (Å²) in [6.45, 7) is 4.52. The monoisotopic (exact) mass is 225 g/mol. The lowest BCUT2D eigenvalue weighted by atomic mass is 10.3. The van der Waals surface area contributed by atoms with Gasteiger partial charge in [-0.1, -0.05) is 11.2 Å². The maximum atomic E-state index is 11.0. The number of nitrogens with zero attached hydrogens (tertiary/aromatic N) is 1. The number of carbonyl (C=O) groups is 1. The normalized spacial score (nSPS) is 10.1. The summed E-state index contributed by atoms with van der Waals surface area (Å²) in [5.41, 5.74) is 2.11. The van der Waals surface area contributed by atoms with Gasteiger partial charge in [-0.25, -0.2) is 5.84 Å². The van der Waals surface area contributed by atoms with Gasteiger partial charge in [0, 0.05) is 12.7 Å². The first kappa shape index (κ1) is 12.4. The van der Waals surface area contributed by atoms with Crippen molar-refractivity contribution in [3.05, 3.63) is 30.2 Å². The van der Waals surface area contributed by atoms with Crippen molar-refractivity contribution in [2.45, 2.75) is 19.4 Å². The lowest BCUT2D eigenvalue weighted by molar-refractivity contribution is 0.0937. The third-order valence-electron chi connectivity index (χ3n) is 1.86. The maximum absolute atomic E-state index is 11.0. The summed E-state index contributed by atoms with van der Waals surface area (Å²) in [7, 11) is 0. The van der Waals surface area contributed by atoms with Crippen LogP contribution in [-0.2, 0) is 11.3 Å². The van der Waals surface area contributed by atoms with E-state index in [-0.39, 0.29) is 5.69 Å². The number of rotatable bonds is 7. The molecule has 0 unspecified atom stereocenters. The Morgan fingerprint density at radius 3 is 3.25 bits per heavy atom. The Morgan fingerprint density at radius 1 is 1.75 bits per heavy atom. The van der Waals surface area contributed by atoms with Gasteiger partial charge in [0.2, 0.25) is 0 Å². The first-order valence-electron chi connectivity index (χ1n) is 4.93. The average molecular weight is 225 g/mol. The number of nitrogens with two attached hydrogens (primary N) is 1. The first-order valence-corrected chi connectivity index (χ1v) is 4.93. The second-order valence-electron chi connectivity index (χ2n) is 3.14. The van der Waals surface area contributed by atoms with Crippen molar-refractivity contribution in [1.82, 2.24) is 10.6 Å². The van der Waals surface area contributed by atoms with Gasteiger partial charge in [-0.15, -0.1) is 6.58 Å². The van der Waals surface area contributed by atoms with Crippen LogP contribution in [0.3, 0.4) is 0 Å². The van der Waals surface area contributed by atoms with E-state index in [0.717, 1.165) is 12.8 Å². The van der Waals surface area contributed by atoms with Gasteiger partial charge < -0.3 is 9.26 Å². The summed E-state index contributed by atoms with van der Waals surface area (Å²) in [6.07, 6.45) is 3.66. The van der Waals surface area contributed by atoms with Crippen LogP contribution >= 0.6 is 0 Å². The highest BCUT2D eigenvalue weighted by Gasteiger charge is 2.10. The molecule has 0 radical (unpaired) electrons. The van der Waals surface area contributed by atoms with Gasteiger partial charge in [-0.05, 0) is 12.8 Å². The zero-order valence-electron chi connectivity index (χ0n) is 8.94.